The van der Waals surface area contributed by atoms with E-state index in [1.165, 1.54) is 18.2 Å². The second-order valence-corrected chi connectivity index (χ2v) is 5.62. The number of carboxylic acids is 1. The van der Waals surface area contributed by atoms with Crippen LogP contribution in [0.1, 0.15) is 20.7 Å². The number of halogens is 2. The van der Waals surface area contributed by atoms with Crippen molar-refractivity contribution >= 4 is 38.6 Å². The Hall–Kier alpha value is -2.87. The number of benzene rings is 2. The van der Waals surface area contributed by atoms with Crippen LogP contribution in [0.15, 0.2) is 36.4 Å². The average Bonchev–Trinajstić information content (AvgIpc) is 2.90. The first-order chi connectivity index (χ1) is 10.9. The highest BCUT2D eigenvalue weighted by Gasteiger charge is 2.13. The van der Waals surface area contributed by atoms with E-state index >= 15 is 0 Å². The van der Waals surface area contributed by atoms with Gasteiger partial charge in [0.25, 0.3) is 5.91 Å². The number of aromatic nitrogens is 1. The van der Waals surface area contributed by atoms with Crippen LogP contribution in [-0.4, -0.2) is 22.0 Å². The van der Waals surface area contributed by atoms with Crippen LogP contribution in [0, 0.1) is 11.6 Å². The Bertz CT molecular complexity index is 940. The number of hydrogen-bond donors (Lipinski definition) is 2. The maximum atomic E-state index is 13.1. The summed E-state index contributed by atoms with van der Waals surface area (Å²) < 4.78 is 26.6. The first-order valence-corrected chi connectivity index (χ1v) is 7.16. The standard InChI is InChI=1S/C15H8F2N2O3S/c16-9-3-1-7(5-10(9)17)13(20)19-15-18-11-4-2-8(14(21)22)6-12(11)23-15/h1-6H,(H,21,22)(H,18,19,20). The zero-order valence-corrected chi connectivity index (χ0v) is 12.2. The number of rotatable bonds is 3. The van der Waals surface area contributed by atoms with Crippen molar-refractivity contribution in [2.24, 2.45) is 0 Å². The fraction of sp³-hybridized carbons (Fsp3) is 0. The number of anilines is 1. The lowest BCUT2D eigenvalue weighted by Crippen LogP contribution is -2.12. The quantitative estimate of drug-likeness (QED) is 0.768. The fourth-order valence-electron chi connectivity index (χ4n) is 1.92. The number of fused-ring (bicyclic) bond motifs is 1. The molecule has 0 radical (unpaired) electrons. The number of carboxylic acid groups (broad SMARTS) is 1. The number of carbonyl (C=O) groups excluding carboxylic acids is 1. The molecule has 2 N–H and O–H groups in total. The van der Waals surface area contributed by atoms with Crippen LogP contribution >= 0.6 is 11.3 Å². The SMILES string of the molecule is O=C(O)c1ccc2nc(NC(=O)c3ccc(F)c(F)c3)sc2c1. The zero-order valence-electron chi connectivity index (χ0n) is 11.3. The summed E-state index contributed by atoms with van der Waals surface area (Å²) in [5.41, 5.74) is 0.592. The summed E-state index contributed by atoms with van der Waals surface area (Å²) in [4.78, 5) is 27.1. The van der Waals surface area contributed by atoms with Gasteiger partial charge in [-0.2, -0.15) is 0 Å². The molecular weight excluding hydrogens is 326 g/mol. The molecule has 1 amide bonds. The molecule has 0 atom stereocenters. The second kappa shape index (κ2) is 5.73. The lowest BCUT2D eigenvalue weighted by Gasteiger charge is -2.01. The van der Waals surface area contributed by atoms with Gasteiger partial charge in [0.05, 0.1) is 15.8 Å². The van der Waals surface area contributed by atoms with Gasteiger partial charge in [0.2, 0.25) is 0 Å². The number of nitrogens with one attached hydrogen (secondary N) is 1. The lowest BCUT2D eigenvalue weighted by molar-refractivity contribution is 0.0697. The van der Waals surface area contributed by atoms with Gasteiger partial charge in [0, 0.05) is 5.56 Å². The Balaban J connectivity index is 1.87. The van der Waals surface area contributed by atoms with Crippen molar-refractivity contribution in [2.75, 3.05) is 5.32 Å². The minimum atomic E-state index is -1.12. The minimum absolute atomic E-state index is 0.0469. The summed E-state index contributed by atoms with van der Waals surface area (Å²) in [6.45, 7) is 0. The van der Waals surface area contributed by atoms with Crippen molar-refractivity contribution in [3.8, 4) is 0 Å². The normalized spacial score (nSPS) is 10.7. The third-order valence-electron chi connectivity index (χ3n) is 3.04. The van der Waals surface area contributed by atoms with Crippen LogP contribution in [0.3, 0.4) is 0 Å². The van der Waals surface area contributed by atoms with Gasteiger partial charge < -0.3 is 5.11 Å². The first kappa shape index (κ1) is 15.0. The van der Waals surface area contributed by atoms with Gasteiger partial charge in [-0.05, 0) is 36.4 Å². The van der Waals surface area contributed by atoms with E-state index in [4.69, 9.17) is 5.11 Å². The predicted molar refractivity (Wildman–Crippen MR) is 80.9 cm³/mol. The topological polar surface area (TPSA) is 79.3 Å². The van der Waals surface area contributed by atoms with E-state index in [1.807, 2.05) is 0 Å². The van der Waals surface area contributed by atoms with E-state index in [-0.39, 0.29) is 16.3 Å². The van der Waals surface area contributed by atoms with Crippen LogP contribution in [-0.2, 0) is 0 Å². The molecule has 5 nitrogen and oxygen atoms in total. The highest BCUT2D eigenvalue weighted by Crippen LogP contribution is 2.27. The number of amides is 1. The van der Waals surface area contributed by atoms with Crippen LogP contribution in [0.2, 0.25) is 0 Å². The number of hydrogen-bond acceptors (Lipinski definition) is 4. The Kier molecular flexibility index (Phi) is 3.75. The molecule has 0 bridgehead atoms. The molecule has 8 heteroatoms. The third kappa shape index (κ3) is 3.02. The molecule has 116 valence electrons. The molecule has 0 aliphatic rings. The monoisotopic (exact) mass is 334 g/mol. The Labute approximate surface area is 132 Å². The van der Waals surface area contributed by atoms with Crippen molar-refractivity contribution < 1.29 is 23.5 Å². The number of aromatic carboxylic acids is 1. The summed E-state index contributed by atoms with van der Waals surface area (Å²) in [5, 5.41) is 11.7. The first-order valence-electron chi connectivity index (χ1n) is 6.34. The van der Waals surface area contributed by atoms with Crippen LogP contribution in [0.4, 0.5) is 13.9 Å². The van der Waals surface area contributed by atoms with Crippen molar-refractivity contribution in [2.45, 2.75) is 0 Å². The smallest absolute Gasteiger partial charge is 0.335 e. The summed E-state index contributed by atoms with van der Waals surface area (Å²) in [7, 11) is 0. The molecule has 0 unspecified atom stereocenters. The van der Waals surface area contributed by atoms with Crippen LogP contribution in [0.25, 0.3) is 10.2 Å². The summed E-state index contributed by atoms with van der Waals surface area (Å²) >= 11 is 1.08. The van der Waals surface area contributed by atoms with Crippen molar-refractivity contribution in [1.29, 1.82) is 0 Å². The van der Waals surface area contributed by atoms with Gasteiger partial charge in [0.1, 0.15) is 0 Å². The largest absolute Gasteiger partial charge is 0.478 e. The number of nitrogens with zero attached hydrogens (tertiary/aromatic N) is 1. The molecule has 1 heterocycles. The summed E-state index contributed by atoms with van der Waals surface area (Å²) in [5.74, 6) is -3.86. The average molecular weight is 334 g/mol. The lowest BCUT2D eigenvalue weighted by atomic mass is 10.2. The van der Waals surface area contributed by atoms with Crippen molar-refractivity contribution in [3.63, 3.8) is 0 Å². The summed E-state index contributed by atoms with van der Waals surface area (Å²) in [6.07, 6.45) is 0. The second-order valence-electron chi connectivity index (χ2n) is 4.59. The maximum absolute atomic E-state index is 13.1. The van der Waals surface area contributed by atoms with Gasteiger partial charge in [-0.3, -0.25) is 10.1 Å². The highest BCUT2D eigenvalue weighted by molar-refractivity contribution is 7.22. The zero-order chi connectivity index (χ0) is 16.6. The molecule has 3 rings (SSSR count). The molecule has 23 heavy (non-hydrogen) atoms. The molecule has 3 aromatic rings. The van der Waals surface area contributed by atoms with E-state index in [1.54, 1.807) is 0 Å². The van der Waals surface area contributed by atoms with Crippen LogP contribution in [0.5, 0.6) is 0 Å². The fourth-order valence-corrected chi connectivity index (χ4v) is 2.82. The molecular formula is C15H8F2N2O3S. The van der Waals surface area contributed by atoms with E-state index in [2.05, 4.69) is 10.3 Å². The number of carbonyl (C=O) groups is 2. The Morgan fingerprint density at radius 2 is 1.78 bits per heavy atom. The van der Waals surface area contributed by atoms with Crippen molar-refractivity contribution in [3.05, 3.63) is 59.2 Å². The molecule has 0 fully saturated rings. The molecule has 0 aliphatic heterocycles. The van der Waals surface area contributed by atoms with Gasteiger partial charge >= 0.3 is 5.97 Å². The van der Waals surface area contributed by atoms with Gasteiger partial charge in [-0.15, -0.1) is 0 Å². The molecule has 0 aliphatic carbocycles. The minimum Gasteiger partial charge on any atom is -0.478 e. The van der Waals surface area contributed by atoms with E-state index < -0.39 is 23.5 Å². The molecule has 2 aromatic carbocycles. The predicted octanol–water partition coefficient (Wildman–Crippen LogP) is 3.53. The Morgan fingerprint density at radius 3 is 2.48 bits per heavy atom. The summed E-state index contributed by atoms with van der Waals surface area (Å²) in [6, 6.07) is 7.20. The van der Waals surface area contributed by atoms with E-state index in [9.17, 15) is 18.4 Å². The van der Waals surface area contributed by atoms with E-state index in [0.717, 1.165) is 29.5 Å². The van der Waals surface area contributed by atoms with Crippen LogP contribution < -0.4 is 5.32 Å². The molecule has 0 saturated heterocycles. The number of thiazole rings is 1. The van der Waals surface area contributed by atoms with Gasteiger partial charge in [-0.1, -0.05) is 11.3 Å². The Morgan fingerprint density at radius 1 is 1.04 bits per heavy atom. The van der Waals surface area contributed by atoms with Crippen molar-refractivity contribution in [1.82, 2.24) is 4.98 Å². The highest BCUT2D eigenvalue weighted by atomic mass is 32.1. The molecule has 0 spiro atoms. The van der Waals surface area contributed by atoms with Gasteiger partial charge in [0.15, 0.2) is 16.8 Å². The van der Waals surface area contributed by atoms with E-state index in [0.29, 0.717) is 10.2 Å². The molecule has 1 aromatic heterocycles. The van der Waals surface area contributed by atoms with Gasteiger partial charge in [-0.25, -0.2) is 18.6 Å². The third-order valence-corrected chi connectivity index (χ3v) is 3.97. The molecule has 0 saturated carbocycles. The maximum Gasteiger partial charge on any atom is 0.335 e.